The third-order valence-electron chi connectivity index (χ3n) is 7.51. The highest BCUT2D eigenvalue weighted by Gasteiger charge is 2.67. The number of esters is 1. The van der Waals surface area contributed by atoms with Gasteiger partial charge in [0.15, 0.2) is 6.10 Å². The maximum absolute atomic E-state index is 13.6. The van der Waals surface area contributed by atoms with Crippen LogP contribution in [0, 0.1) is 25.7 Å². The number of aryl methyl sites for hydroxylation is 2. The number of carbonyl (C=O) groups excluding carboxylic acids is 3. The Morgan fingerprint density at radius 2 is 1.91 bits per heavy atom. The lowest BCUT2D eigenvalue weighted by atomic mass is 9.77. The summed E-state index contributed by atoms with van der Waals surface area (Å²) in [4.78, 5) is 41.3. The largest absolute Gasteiger partial charge is 0.452 e. The first-order chi connectivity index (χ1) is 15.8. The molecule has 3 aliphatic heterocycles. The van der Waals surface area contributed by atoms with Crippen LogP contribution in [0.4, 0.5) is 5.69 Å². The second-order valence-corrected chi connectivity index (χ2v) is 9.99. The van der Waals surface area contributed by atoms with Crippen LogP contribution in [-0.4, -0.2) is 48.2 Å². The molecule has 1 spiro atoms. The summed E-state index contributed by atoms with van der Waals surface area (Å²) in [6.45, 7) is 6.20. The molecule has 2 amide bonds. The summed E-state index contributed by atoms with van der Waals surface area (Å²) in [6.07, 6.45) is 6.97. The van der Waals surface area contributed by atoms with Crippen molar-refractivity contribution in [1.29, 1.82) is 0 Å². The Kier molecular flexibility index (Phi) is 5.55. The van der Waals surface area contributed by atoms with Gasteiger partial charge in [0.2, 0.25) is 5.91 Å². The van der Waals surface area contributed by atoms with Gasteiger partial charge in [0.05, 0.1) is 18.6 Å². The maximum atomic E-state index is 13.6. The van der Waals surface area contributed by atoms with Crippen LogP contribution in [-0.2, 0) is 23.9 Å². The minimum atomic E-state index is -0.857. The number of rotatable bonds is 6. The molecule has 7 heteroatoms. The fraction of sp³-hybridized carbons (Fsp3) is 0.577. The van der Waals surface area contributed by atoms with Crippen molar-refractivity contribution < 1.29 is 23.9 Å². The number of hydrogen-bond donors (Lipinski definition) is 1. The van der Waals surface area contributed by atoms with E-state index in [9.17, 15) is 14.4 Å². The number of ether oxygens (including phenoxy) is 2. The summed E-state index contributed by atoms with van der Waals surface area (Å²) in [7, 11) is 0. The standard InChI is InChI=1S/C26H32N2O5/c1-4-19(23(29)27-17-7-5-6-8-17)32-25(31)21-20-9-10-26(33-20)14-28(24(30)22(21)26)18-12-15(2)11-16(3)13-18/h9-13,17,19-22H,4-8,14H2,1-3H3,(H,27,29)/t19-,20+,21+,22+,26-/m0/s1. The summed E-state index contributed by atoms with van der Waals surface area (Å²) in [6, 6.07) is 6.18. The van der Waals surface area contributed by atoms with Crippen molar-refractivity contribution in [3.63, 3.8) is 0 Å². The summed E-state index contributed by atoms with van der Waals surface area (Å²) in [5, 5.41) is 3.02. The monoisotopic (exact) mass is 452 g/mol. The summed E-state index contributed by atoms with van der Waals surface area (Å²) >= 11 is 0. The minimum absolute atomic E-state index is 0.128. The fourth-order valence-corrected chi connectivity index (χ4v) is 6.00. The highest BCUT2D eigenvalue weighted by Crippen LogP contribution is 2.53. The van der Waals surface area contributed by atoms with E-state index in [-0.39, 0.29) is 17.9 Å². The van der Waals surface area contributed by atoms with Gasteiger partial charge >= 0.3 is 5.97 Å². The predicted octanol–water partition coefficient (Wildman–Crippen LogP) is 2.97. The Bertz CT molecular complexity index is 994. The zero-order valence-electron chi connectivity index (χ0n) is 19.5. The predicted molar refractivity (Wildman–Crippen MR) is 123 cm³/mol. The van der Waals surface area contributed by atoms with E-state index in [0.717, 1.165) is 42.5 Å². The molecule has 1 aromatic carbocycles. The Morgan fingerprint density at radius 3 is 2.58 bits per heavy atom. The van der Waals surface area contributed by atoms with E-state index >= 15 is 0 Å². The molecule has 0 aromatic heterocycles. The van der Waals surface area contributed by atoms with Gasteiger partial charge in [-0.3, -0.25) is 14.4 Å². The van der Waals surface area contributed by atoms with Crippen LogP contribution in [0.3, 0.4) is 0 Å². The summed E-state index contributed by atoms with van der Waals surface area (Å²) in [5.74, 6) is -2.29. The van der Waals surface area contributed by atoms with Crippen LogP contribution in [0.15, 0.2) is 30.4 Å². The Morgan fingerprint density at radius 1 is 1.21 bits per heavy atom. The quantitative estimate of drug-likeness (QED) is 0.530. The van der Waals surface area contributed by atoms with Crippen molar-refractivity contribution in [3.8, 4) is 0 Å². The molecule has 1 aromatic rings. The van der Waals surface area contributed by atoms with Crippen LogP contribution in [0.1, 0.15) is 50.2 Å². The average molecular weight is 453 g/mol. The van der Waals surface area contributed by atoms with E-state index in [4.69, 9.17) is 9.47 Å². The molecule has 2 saturated heterocycles. The normalized spacial score (nSPS) is 31.2. The molecule has 1 saturated carbocycles. The zero-order chi connectivity index (χ0) is 23.3. The third kappa shape index (κ3) is 3.76. The summed E-state index contributed by atoms with van der Waals surface area (Å²) in [5.41, 5.74) is 2.14. The van der Waals surface area contributed by atoms with Crippen LogP contribution in [0.5, 0.6) is 0 Å². The Hall–Kier alpha value is -2.67. The average Bonchev–Trinajstić information content (AvgIpc) is 3.53. The first-order valence-corrected chi connectivity index (χ1v) is 12.1. The molecule has 1 N–H and O–H groups in total. The molecule has 2 bridgehead atoms. The van der Waals surface area contributed by atoms with Gasteiger partial charge in [-0.05, 0) is 56.4 Å². The van der Waals surface area contributed by atoms with Crippen molar-refractivity contribution in [2.24, 2.45) is 11.8 Å². The number of nitrogens with one attached hydrogen (secondary N) is 1. The molecule has 1 aliphatic carbocycles. The third-order valence-corrected chi connectivity index (χ3v) is 7.51. The first-order valence-electron chi connectivity index (χ1n) is 12.1. The Balaban J connectivity index is 1.34. The zero-order valence-corrected chi connectivity index (χ0v) is 19.5. The second-order valence-electron chi connectivity index (χ2n) is 9.99. The molecule has 33 heavy (non-hydrogen) atoms. The van der Waals surface area contributed by atoms with Gasteiger partial charge < -0.3 is 19.7 Å². The fourth-order valence-electron chi connectivity index (χ4n) is 6.00. The first kappa shape index (κ1) is 22.1. The van der Waals surface area contributed by atoms with Gasteiger partial charge in [0.1, 0.15) is 11.5 Å². The van der Waals surface area contributed by atoms with Crippen LogP contribution >= 0.6 is 0 Å². The molecule has 7 nitrogen and oxygen atoms in total. The molecule has 4 aliphatic rings. The number of hydrogen-bond acceptors (Lipinski definition) is 5. The molecular weight excluding hydrogens is 420 g/mol. The van der Waals surface area contributed by atoms with Gasteiger partial charge in [0, 0.05) is 11.7 Å². The molecule has 3 fully saturated rings. The second kappa shape index (κ2) is 8.28. The number of carbonyl (C=O) groups is 3. The van der Waals surface area contributed by atoms with Gasteiger partial charge in [0.25, 0.3) is 5.91 Å². The SMILES string of the molecule is CC[C@H](OC(=O)[C@@H]1[C@H]2C=C[C@@]3(CN(c4cc(C)cc(C)c4)C(=O)[C@@H]13)O2)C(=O)NC1CCCC1. The molecule has 0 unspecified atom stereocenters. The highest BCUT2D eigenvalue weighted by atomic mass is 16.6. The topological polar surface area (TPSA) is 84.9 Å². The molecule has 176 valence electrons. The van der Waals surface area contributed by atoms with E-state index in [1.54, 1.807) is 4.90 Å². The van der Waals surface area contributed by atoms with Crippen molar-refractivity contribution >= 4 is 23.5 Å². The van der Waals surface area contributed by atoms with E-state index in [1.807, 2.05) is 45.1 Å². The maximum Gasteiger partial charge on any atom is 0.313 e. The van der Waals surface area contributed by atoms with Crippen LogP contribution < -0.4 is 10.2 Å². The van der Waals surface area contributed by atoms with Crippen molar-refractivity contribution in [3.05, 3.63) is 41.5 Å². The van der Waals surface area contributed by atoms with Gasteiger partial charge in [-0.25, -0.2) is 0 Å². The lowest BCUT2D eigenvalue weighted by Crippen LogP contribution is -2.45. The van der Waals surface area contributed by atoms with E-state index < -0.39 is 35.6 Å². The minimum Gasteiger partial charge on any atom is -0.452 e. The lowest BCUT2D eigenvalue weighted by molar-refractivity contribution is -0.162. The molecule has 3 heterocycles. The number of anilines is 1. The van der Waals surface area contributed by atoms with Crippen molar-refractivity contribution in [2.45, 2.75) is 76.7 Å². The highest BCUT2D eigenvalue weighted by molar-refractivity contribution is 6.03. The number of fused-ring (bicyclic) bond motifs is 1. The number of amides is 2. The molecule has 0 radical (unpaired) electrons. The van der Waals surface area contributed by atoms with Gasteiger partial charge in [-0.15, -0.1) is 0 Å². The van der Waals surface area contributed by atoms with Crippen molar-refractivity contribution in [1.82, 2.24) is 5.32 Å². The summed E-state index contributed by atoms with van der Waals surface area (Å²) < 4.78 is 11.9. The van der Waals surface area contributed by atoms with E-state index in [0.29, 0.717) is 13.0 Å². The molecule has 5 rings (SSSR count). The van der Waals surface area contributed by atoms with Crippen molar-refractivity contribution in [2.75, 3.05) is 11.4 Å². The molecular formula is C26H32N2O5. The Labute approximate surface area is 194 Å². The van der Waals surface area contributed by atoms with Gasteiger partial charge in [-0.2, -0.15) is 0 Å². The number of benzene rings is 1. The van der Waals surface area contributed by atoms with Crippen LogP contribution in [0.2, 0.25) is 0 Å². The number of nitrogens with zero attached hydrogens (tertiary/aromatic N) is 1. The van der Waals surface area contributed by atoms with Crippen LogP contribution in [0.25, 0.3) is 0 Å². The smallest absolute Gasteiger partial charge is 0.313 e. The molecule has 5 atom stereocenters. The van der Waals surface area contributed by atoms with E-state index in [2.05, 4.69) is 11.4 Å². The lowest BCUT2D eigenvalue weighted by Gasteiger charge is -2.25. The van der Waals surface area contributed by atoms with E-state index in [1.165, 1.54) is 0 Å². The van der Waals surface area contributed by atoms with Gasteiger partial charge in [-0.1, -0.05) is 38.0 Å².